The molecule has 0 aliphatic rings. The Morgan fingerprint density at radius 1 is 1.08 bits per heavy atom. The van der Waals surface area contributed by atoms with Crippen LogP contribution in [0.4, 0.5) is 23.1 Å². The maximum absolute atomic E-state index is 5.46. The van der Waals surface area contributed by atoms with E-state index in [0.717, 1.165) is 23.7 Å². The Balaban J connectivity index is 1.80. The summed E-state index contributed by atoms with van der Waals surface area (Å²) in [7, 11) is 0. The van der Waals surface area contributed by atoms with Gasteiger partial charge in [0.05, 0.1) is 12.8 Å². The van der Waals surface area contributed by atoms with Gasteiger partial charge in [0.2, 0.25) is 0 Å². The van der Waals surface area contributed by atoms with Crippen LogP contribution in [-0.4, -0.2) is 28.3 Å². The molecule has 0 aliphatic carbocycles. The predicted molar refractivity (Wildman–Crippen MR) is 105 cm³/mol. The van der Waals surface area contributed by atoms with Crippen molar-refractivity contribution in [2.75, 3.05) is 23.4 Å². The Morgan fingerprint density at radius 2 is 1.88 bits per heavy atom. The molecule has 1 heterocycles. The fourth-order valence-corrected chi connectivity index (χ4v) is 2.65. The highest BCUT2D eigenvalue weighted by molar-refractivity contribution is 5.61. The van der Waals surface area contributed by atoms with E-state index >= 15 is 0 Å². The molecule has 0 saturated carbocycles. The number of nitrogens with one attached hydrogen (secondary N) is 1. The largest absolute Gasteiger partial charge is 0.494 e. The minimum absolute atomic E-state index is 0.564. The zero-order valence-corrected chi connectivity index (χ0v) is 15.3. The Hall–Kier alpha value is -3.15. The van der Waals surface area contributed by atoms with Gasteiger partial charge in [-0.15, -0.1) is 5.10 Å². The molecule has 0 saturated heterocycles. The second-order valence-corrected chi connectivity index (χ2v) is 5.81. The number of hydrogen-bond acceptors (Lipinski definition) is 6. The van der Waals surface area contributed by atoms with Gasteiger partial charge in [-0.3, -0.25) is 0 Å². The molecule has 2 aromatic carbocycles. The van der Waals surface area contributed by atoms with Crippen LogP contribution in [0.2, 0.25) is 0 Å². The van der Waals surface area contributed by atoms with Crippen molar-refractivity contribution in [2.45, 2.75) is 20.8 Å². The summed E-state index contributed by atoms with van der Waals surface area (Å²) in [6.45, 7) is 7.50. The number of ether oxygens (including phenoxy) is 1. The summed E-state index contributed by atoms with van der Waals surface area (Å²) in [4.78, 5) is 6.65. The number of aromatic nitrogens is 3. The third kappa shape index (κ3) is 4.27. The molecule has 6 nitrogen and oxygen atoms in total. The fraction of sp³-hybridized carbons (Fsp3) is 0.250. The molecule has 26 heavy (non-hydrogen) atoms. The van der Waals surface area contributed by atoms with Crippen molar-refractivity contribution in [3.8, 4) is 5.75 Å². The maximum atomic E-state index is 5.46. The number of benzene rings is 2. The molecule has 0 radical (unpaired) electrons. The van der Waals surface area contributed by atoms with Crippen molar-refractivity contribution in [1.29, 1.82) is 0 Å². The van der Waals surface area contributed by atoms with Gasteiger partial charge in [0.15, 0.2) is 5.82 Å². The van der Waals surface area contributed by atoms with Gasteiger partial charge in [0.1, 0.15) is 5.75 Å². The van der Waals surface area contributed by atoms with Crippen LogP contribution in [0.3, 0.4) is 0 Å². The SMILES string of the molecule is CCOc1ccc(Nc2cnnc(N(CC)c3cccc(C)c3)n2)cc1. The summed E-state index contributed by atoms with van der Waals surface area (Å²) in [5.41, 5.74) is 3.16. The summed E-state index contributed by atoms with van der Waals surface area (Å²) in [6, 6.07) is 16.0. The number of aryl methyl sites for hydroxylation is 1. The second kappa shape index (κ2) is 8.29. The zero-order valence-electron chi connectivity index (χ0n) is 15.3. The minimum atomic E-state index is 0.564. The average molecular weight is 349 g/mol. The van der Waals surface area contributed by atoms with Crippen LogP contribution in [-0.2, 0) is 0 Å². The van der Waals surface area contributed by atoms with Gasteiger partial charge in [-0.1, -0.05) is 12.1 Å². The molecular weight excluding hydrogens is 326 g/mol. The molecule has 1 N–H and O–H groups in total. The molecule has 0 spiro atoms. The maximum Gasteiger partial charge on any atom is 0.251 e. The highest BCUT2D eigenvalue weighted by Crippen LogP contribution is 2.24. The van der Waals surface area contributed by atoms with Gasteiger partial charge < -0.3 is 15.0 Å². The Labute approximate surface area is 153 Å². The van der Waals surface area contributed by atoms with Crippen molar-refractivity contribution in [3.63, 3.8) is 0 Å². The van der Waals surface area contributed by atoms with E-state index in [1.165, 1.54) is 5.56 Å². The van der Waals surface area contributed by atoms with Gasteiger partial charge >= 0.3 is 0 Å². The van der Waals surface area contributed by atoms with Crippen LogP contribution >= 0.6 is 0 Å². The Morgan fingerprint density at radius 3 is 2.58 bits per heavy atom. The van der Waals surface area contributed by atoms with Gasteiger partial charge in [-0.05, 0) is 62.7 Å². The smallest absolute Gasteiger partial charge is 0.251 e. The van der Waals surface area contributed by atoms with E-state index in [4.69, 9.17) is 4.74 Å². The van der Waals surface area contributed by atoms with Gasteiger partial charge in [-0.2, -0.15) is 10.1 Å². The summed E-state index contributed by atoms with van der Waals surface area (Å²) in [6.07, 6.45) is 1.62. The van der Waals surface area contributed by atoms with E-state index in [2.05, 4.69) is 46.5 Å². The average Bonchev–Trinajstić information content (AvgIpc) is 2.65. The van der Waals surface area contributed by atoms with Crippen LogP contribution in [0.15, 0.2) is 54.7 Å². The first-order valence-electron chi connectivity index (χ1n) is 8.73. The topological polar surface area (TPSA) is 63.2 Å². The first-order chi connectivity index (χ1) is 12.7. The van der Waals surface area contributed by atoms with Crippen molar-refractivity contribution >= 4 is 23.1 Å². The van der Waals surface area contributed by atoms with E-state index in [1.54, 1.807) is 6.20 Å². The Bertz CT molecular complexity index is 851. The molecule has 0 atom stereocenters. The number of rotatable bonds is 7. The van der Waals surface area contributed by atoms with E-state index in [-0.39, 0.29) is 0 Å². The molecular formula is C20H23N5O. The molecule has 0 bridgehead atoms. The molecule has 1 aromatic heterocycles. The van der Waals surface area contributed by atoms with E-state index in [0.29, 0.717) is 18.4 Å². The van der Waals surface area contributed by atoms with E-state index < -0.39 is 0 Å². The van der Waals surface area contributed by atoms with E-state index in [1.807, 2.05) is 48.2 Å². The van der Waals surface area contributed by atoms with Crippen molar-refractivity contribution in [2.24, 2.45) is 0 Å². The van der Waals surface area contributed by atoms with Crippen LogP contribution < -0.4 is 15.0 Å². The summed E-state index contributed by atoms with van der Waals surface area (Å²) >= 11 is 0. The highest BCUT2D eigenvalue weighted by Gasteiger charge is 2.12. The highest BCUT2D eigenvalue weighted by atomic mass is 16.5. The summed E-state index contributed by atoms with van der Waals surface area (Å²) < 4.78 is 5.46. The first kappa shape index (κ1) is 17.7. The monoisotopic (exact) mass is 349 g/mol. The van der Waals surface area contributed by atoms with Crippen molar-refractivity contribution < 1.29 is 4.74 Å². The molecule has 6 heteroatoms. The lowest BCUT2D eigenvalue weighted by atomic mass is 10.2. The fourth-order valence-electron chi connectivity index (χ4n) is 2.65. The third-order valence-electron chi connectivity index (χ3n) is 3.86. The summed E-state index contributed by atoms with van der Waals surface area (Å²) in [5.74, 6) is 2.05. The van der Waals surface area contributed by atoms with Gasteiger partial charge in [0, 0.05) is 17.9 Å². The van der Waals surface area contributed by atoms with Crippen LogP contribution in [0.5, 0.6) is 5.75 Å². The predicted octanol–water partition coefficient (Wildman–Crippen LogP) is 4.48. The quantitative estimate of drug-likeness (QED) is 0.678. The van der Waals surface area contributed by atoms with Crippen LogP contribution in [0, 0.1) is 6.92 Å². The lowest BCUT2D eigenvalue weighted by molar-refractivity contribution is 0.340. The molecule has 0 amide bonds. The minimum Gasteiger partial charge on any atom is -0.494 e. The molecule has 3 rings (SSSR count). The lowest BCUT2D eigenvalue weighted by Crippen LogP contribution is -2.19. The molecule has 134 valence electrons. The third-order valence-corrected chi connectivity index (χ3v) is 3.86. The number of nitrogens with zero attached hydrogens (tertiary/aromatic N) is 4. The Kier molecular flexibility index (Phi) is 5.63. The van der Waals surface area contributed by atoms with Crippen molar-refractivity contribution in [3.05, 3.63) is 60.3 Å². The molecule has 3 aromatic rings. The van der Waals surface area contributed by atoms with E-state index in [9.17, 15) is 0 Å². The van der Waals surface area contributed by atoms with Crippen LogP contribution in [0.1, 0.15) is 19.4 Å². The zero-order chi connectivity index (χ0) is 18.4. The molecule has 0 unspecified atom stereocenters. The molecule has 0 aliphatic heterocycles. The standard InChI is InChI=1S/C20H23N5O/c1-4-25(17-8-6-7-15(3)13-17)20-23-19(14-21-24-20)22-16-9-11-18(12-10-16)26-5-2/h6-14H,4-5H2,1-3H3,(H,22,23,24). The van der Waals surface area contributed by atoms with Crippen LogP contribution in [0.25, 0.3) is 0 Å². The number of hydrogen-bond donors (Lipinski definition) is 1. The second-order valence-electron chi connectivity index (χ2n) is 5.81. The van der Waals surface area contributed by atoms with Crippen molar-refractivity contribution in [1.82, 2.24) is 15.2 Å². The van der Waals surface area contributed by atoms with Gasteiger partial charge in [0.25, 0.3) is 5.95 Å². The molecule has 0 fully saturated rings. The normalized spacial score (nSPS) is 10.4. The first-order valence-corrected chi connectivity index (χ1v) is 8.73. The summed E-state index contributed by atoms with van der Waals surface area (Å²) in [5, 5.41) is 11.6. The number of anilines is 4. The van der Waals surface area contributed by atoms with Gasteiger partial charge in [-0.25, -0.2) is 0 Å². The lowest BCUT2D eigenvalue weighted by Gasteiger charge is -2.21.